The zero-order chi connectivity index (χ0) is 14.4. The molecule has 7 nitrogen and oxygen atoms in total. The number of nitrogens with two attached hydrogens (primary N) is 1. The molecular weight excluding hydrogens is 252 g/mol. The molecule has 0 aromatic heterocycles. The van der Waals surface area contributed by atoms with Crippen LogP contribution in [-0.4, -0.2) is 41.1 Å². The number of carboxylic acids is 1. The van der Waals surface area contributed by atoms with Gasteiger partial charge < -0.3 is 16.2 Å². The lowest BCUT2D eigenvalue weighted by Crippen LogP contribution is -2.41. The van der Waals surface area contributed by atoms with Gasteiger partial charge in [-0.15, -0.1) is 0 Å². The first kappa shape index (κ1) is 14.8. The van der Waals surface area contributed by atoms with Gasteiger partial charge in [0.05, 0.1) is 0 Å². The number of amides is 1. The molecule has 19 heavy (non-hydrogen) atoms. The minimum absolute atomic E-state index is 0.0239. The lowest BCUT2D eigenvalue weighted by Gasteiger charge is -2.15. The second-order valence-electron chi connectivity index (χ2n) is 3.98. The molecule has 0 aromatic rings. The van der Waals surface area contributed by atoms with Gasteiger partial charge in [0, 0.05) is 19.4 Å². The van der Waals surface area contributed by atoms with Gasteiger partial charge in [-0.2, -0.15) is 0 Å². The fraction of sp³-hybridized carbons (Fsp3) is 0.333. The van der Waals surface area contributed by atoms with Gasteiger partial charge in [0.1, 0.15) is 6.04 Å². The number of ketones is 2. The van der Waals surface area contributed by atoms with Crippen LogP contribution in [0.1, 0.15) is 12.8 Å². The van der Waals surface area contributed by atoms with Gasteiger partial charge in [-0.1, -0.05) is 6.08 Å². The van der Waals surface area contributed by atoms with Gasteiger partial charge in [-0.05, 0) is 17.7 Å². The average molecular weight is 266 g/mol. The molecule has 0 fully saturated rings. The quantitative estimate of drug-likeness (QED) is 0.415. The van der Waals surface area contributed by atoms with Gasteiger partial charge in [0.25, 0.3) is 0 Å². The summed E-state index contributed by atoms with van der Waals surface area (Å²) in [5.41, 5.74) is 5.57. The van der Waals surface area contributed by atoms with Crippen LogP contribution in [0.25, 0.3) is 0 Å². The molecule has 1 atom stereocenters. The number of nitrogens with one attached hydrogen (secondary N) is 1. The summed E-state index contributed by atoms with van der Waals surface area (Å²) in [7, 11) is 0. The minimum Gasteiger partial charge on any atom is -0.480 e. The van der Waals surface area contributed by atoms with E-state index < -0.39 is 29.5 Å². The Kier molecular flexibility index (Phi) is 5.13. The largest absolute Gasteiger partial charge is 0.480 e. The molecule has 102 valence electrons. The van der Waals surface area contributed by atoms with E-state index in [0.29, 0.717) is 5.57 Å². The topological polar surface area (TPSA) is 127 Å². The van der Waals surface area contributed by atoms with E-state index in [9.17, 15) is 19.2 Å². The highest BCUT2D eigenvalue weighted by atomic mass is 16.4. The summed E-state index contributed by atoms with van der Waals surface area (Å²) in [5.74, 6) is -3.04. The van der Waals surface area contributed by atoms with E-state index in [1.54, 1.807) is 0 Å². The lowest BCUT2D eigenvalue weighted by atomic mass is 9.98. The SMILES string of the molecule is NCCC(=O)N[C@H](CC1=CC(=O)C(=O)C=C1)C(=O)O. The van der Waals surface area contributed by atoms with Gasteiger partial charge in [-0.25, -0.2) is 4.79 Å². The Morgan fingerprint density at radius 2 is 1.95 bits per heavy atom. The third-order valence-electron chi connectivity index (χ3n) is 2.45. The Hall–Kier alpha value is -2.28. The molecule has 0 aliphatic heterocycles. The molecule has 0 unspecified atom stereocenters. The monoisotopic (exact) mass is 266 g/mol. The molecule has 1 amide bonds. The van der Waals surface area contributed by atoms with Crippen LogP contribution in [-0.2, 0) is 19.2 Å². The van der Waals surface area contributed by atoms with Crippen LogP contribution in [0.5, 0.6) is 0 Å². The maximum Gasteiger partial charge on any atom is 0.326 e. The Morgan fingerprint density at radius 1 is 1.26 bits per heavy atom. The highest BCUT2D eigenvalue weighted by Gasteiger charge is 2.22. The Bertz CT molecular complexity index is 479. The number of rotatable bonds is 6. The highest BCUT2D eigenvalue weighted by molar-refractivity contribution is 6.46. The smallest absolute Gasteiger partial charge is 0.326 e. The van der Waals surface area contributed by atoms with Gasteiger partial charge in [0.2, 0.25) is 17.5 Å². The van der Waals surface area contributed by atoms with Crippen LogP contribution >= 0.6 is 0 Å². The van der Waals surface area contributed by atoms with Gasteiger partial charge >= 0.3 is 5.97 Å². The maximum atomic E-state index is 11.3. The number of hydrogen-bond donors (Lipinski definition) is 3. The molecule has 1 aliphatic rings. The average Bonchev–Trinajstić information content (AvgIpc) is 2.33. The molecule has 0 saturated carbocycles. The van der Waals surface area contributed by atoms with Crippen LogP contribution in [0.2, 0.25) is 0 Å². The van der Waals surface area contributed by atoms with Crippen molar-refractivity contribution in [3.63, 3.8) is 0 Å². The van der Waals surface area contributed by atoms with E-state index >= 15 is 0 Å². The van der Waals surface area contributed by atoms with Crippen molar-refractivity contribution in [1.82, 2.24) is 5.32 Å². The molecule has 0 heterocycles. The van der Waals surface area contributed by atoms with Crippen molar-refractivity contribution in [2.45, 2.75) is 18.9 Å². The van der Waals surface area contributed by atoms with Crippen molar-refractivity contribution in [2.24, 2.45) is 5.73 Å². The van der Waals surface area contributed by atoms with E-state index in [2.05, 4.69) is 5.32 Å². The summed E-state index contributed by atoms with van der Waals surface area (Å²) in [6.45, 7) is 0.119. The van der Waals surface area contributed by atoms with E-state index in [0.717, 1.165) is 12.2 Å². The second kappa shape index (κ2) is 6.60. The Morgan fingerprint density at radius 3 is 2.47 bits per heavy atom. The fourth-order valence-corrected chi connectivity index (χ4v) is 1.51. The van der Waals surface area contributed by atoms with Crippen LogP contribution in [0.15, 0.2) is 23.8 Å². The second-order valence-corrected chi connectivity index (χ2v) is 3.98. The van der Waals surface area contributed by atoms with E-state index in [4.69, 9.17) is 10.8 Å². The molecule has 1 aliphatic carbocycles. The predicted octanol–water partition coefficient (Wildman–Crippen LogP) is -1.07. The normalized spacial score (nSPS) is 15.9. The van der Waals surface area contributed by atoms with Crippen LogP contribution < -0.4 is 11.1 Å². The molecule has 0 aromatic carbocycles. The van der Waals surface area contributed by atoms with Crippen LogP contribution in [0.3, 0.4) is 0 Å². The van der Waals surface area contributed by atoms with Crippen LogP contribution in [0, 0.1) is 0 Å². The Balaban J connectivity index is 2.70. The number of carbonyl (C=O) groups excluding carboxylic acids is 3. The number of hydrogen-bond acceptors (Lipinski definition) is 5. The highest BCUT2D eigenvalue weighted by Crippen LogP contribution is 2.12. The van der Waals surface area contributed by atoms with Crippen molar-refractivity contribution < 1.29 is 24.3 Å². The molecule has 4 N–H and O–H groups in total. The summed E-state index contributed by atoms with van der Waals surface area (Å²) in [4.78, 5) is 44.4. The molecular formula is C12H14N2O5. The minimum atomic E-state index is -1.22. The van der Waals surface area contributed by atoms with E-state index in [1.807, 2.05) is 0 Å². The van der Waals surface area contributed by atoms with E-state index in [-0.39, 0.29) is 19.4 Å². The first-order valence-corrected chi connectivity index (χ1v) is 5.63. The number of carbonyl (C=O) groups is 4. The molecule has 0 spiro atoms. The predicted molar refractivity (Wildman–Crippen MR) is 65.1 cm³/mol. The van der Waals surface area contributed by atoms with Gasteiger partial charge in [-0.3, -0.25) is 14.4 Å². The van der Waals surface area contributed by atoms with Crippen LogP contribution in [0.4, 0.5) is 0 Å². The summed E-state index contributed by atoms with van der Waals surface area (Å²) in [5, 5.41) is 11.3. The third-order valence-corrected chi connectivity index (χ3v) is 2.45. The van der Waals surface area contributed by atoms with Crippen molar-refractivity contribution in [3.8, 4) is 0 Å². The number of allylic oxidation sites excluding steroid dienone is 3. The number of aliphatic carboxylic acids is 1. The van der Waals surface area contributed by atoms with Crippen molar-refractivity contribution in [2.75, 3.05) is 6.54 Å². The summed E-state index contributed by atoms with van der Waals surface area (Å²) >= 11 is 0. The van der Waals surface area contributed by atoms with E-state index in [1.165, 1.54) is 6.08 Å². The van der Waals surface area contributed by atoms with Crippen molar-refractivity contribution >= 4 is 23.4 Å². The molecule has 7 heteroatoms. The molecule has 1 rings (SSSR count). The molecule has 0 saturated heterocycles. The lowest BCUT2D eigenvalue weighted by molar-refractivity contribution is -0.141. The summed E-state index contributed by atoms with van der Waals surface area (Å²) in [6.07, 6.45) is 3.48. The first-order valence-electron chi connectivity index (χ1n) is 5.63. The standard InChI is InChI=1S/C12H14N2O5/c13-4-3-11(17)14-8(12(18)19)5-7-1-2-9(15)10(16)6-7/h1-2,6,8H,3-5,13H2,(H,14,17)(H,18,19)/t8-/m1/s1. The zero-order valence-corrected chi connectivity index (χ0v) is 10.1. The van der Waals surface area contributed by atoms with Crippen molar-refractivity contribution in [1.29, 1.82) is 0 Å². The molecule has 0 radical (unpaired) electrons. The zero-order valence-electron chi connectivity index (χ0n) is 10.1. The Labute approximate surface area is 109 Å². The maximum absolute atomic E-state index is 11.3. The van der Waals surface area contributed by atoms with Gasteiger partial charge in [0.15, 0.2) is 0 Å². The molecule has 0 bridgehead atoms. The summed E-state index contributed by atoms with van der Waals surface area (Å²) in [6, 6.07) is -1.16. The third kappa shape index (κ3) is 4.47. The summed E-state index contributed by atoms with van der Waals surface area (Å²) < 4.78 is 0. The van der Waals surface area contributed by atoms with Crippen molar-refractivity contribution in [3.05, 3.63) is 23.8 Å². The first-order chi connectivity index (χ1) is 8.93. The fourth-order valence-electron chi connectivity index (χ4n) is 1.51. The number of carboxylic acid groups (broad SMARTS) is 1.